The molecule has 0 amide bonds. The van der Waals surface area contributed by atoms with Crippen molar-refractivity contribution >= 4 is 5.57 Å². The average Bonchev–Trinajstić information content (AvgIpc) is 2.61. The van der Waals surface area contributed by atoms with E-state index in [0.29, 0.717) is 0 Å². The van der Waals surface area contributed by atoms with Crippen molar-refractivity contribution in [3.05, 3.63) is 65.3 Å². The van der Waals surface area contributed by atoms with Crippen molar-refractivity contribution in [3.63, 3.8) is 0 Å². The zero-order valence-corrected chi connectivity index (χ0v) is 9.33. The lowest BCUT2D eigenvalue weighted by molar-refractivity contribution is 1.28. The number of rotatable bonds is 2. The Kier molecular flexibility index (Phi) is 2.86. The first kappa shape index (κ1) is 9.97. The molecule has 0 aromatic heterocycles. The van der Waals surface area contributed by atoms with Gasteiger partial charge in [0.1, 0.15) is 0 Å². The van der Waals surface area contributed by atoms with Gasteiger partial charge in [-0.2, -0.15) is 0 Å². The van der Waals surface area contributed by atoms with Crippen LogP contribution in [0.25, 0.3) is 5.57 Å². The van der Waals surface area contributed by atoms with Crippen molar-refractivity contribution in [2.45, 2.75) is 20.3 Å². The molecule has 1 aromatic carbocycles. The van der Waals surface area contributed by atoms with E-state index in [-0.39, 0.29) is 0 Å². The highest BCUT2D eigenvalue weighted by Gasteiger charge is 2.10. The Morgan fingerprint density at radius 1 is 1.20 bits per heavy atom. The molecule has 0 saturated heterocycles. The number of fused-ring (bicyclic) bond motifs is 1. The summed E-state index contributed by atoms with van der Waals surface area (Å²) in [6.07, 6.45) is 11.8. The maximum absolute atomic E-state index is 2.30. The molecule has 1 aliphatic rings. The molecule has 0 aliphatic heterocycles. The standard InChI is InChI=1S/C15H16/c1-3-4-5-6-13-8-9-14-11-12(2)7-10-15(13)14/h3-8,10-11H,9H2,1-2H3/b4-3-,6-5-. The minimum Gasteiger partial charge on any atom is -0.0877 e. The second-order valence-electron chi connectivity index (χ2n) is 3.91. The molecule has 0 bridgehead atoms. The maximum atomic E-state index is 2.30. The highest BCUT2D eigenvalue weighted by molar-refractivity contribution is 5.80. The molecule has 0 heteroatoms. The van der Waals surface area contributed by atoms with Crippen LogP contribution in [0.3, 0.4) is 0 Å². The topological polar surface area (TPSA) is 0 Å². The van der Waals surface area contributed by atoms with Crippen LogP contribution in [-0.2, 0) is 6.42 Å². The molecule has 0 atom stereocenters. The maximum Gasteiger partial charge on any atom is -0.00820 e. The van der Waals surface area contributed by atoms with Gasteiger partial charge < -0.3 is 0 Å². The quantitative estimate of drug-likeness (QED) is 0.625. The SMILES string of the molecule is C/C=C\C=C/C1=CCc2cc(C)ccc21. The summed E-state index contributed by atoms with van der Waals surface area (Å²) < 4.78 is 0. The summed E-state index contributed by atoms with van der Waals surface area (Å²) >= 11 is 0. The Hall–Kier alpha value is -1.56. The third-order valence-corrected chi connectivity index (χ3v) is 2.69. The summed E-state index contributed by atoms with van der Waals surface area (Å²) in [5, 5.41) is 0. The molecule has 0 nitrogen and oxygen atoms in total. The van der Waals surface area contributed by atoms with Crippen molar-refractivity contribution in [1.29, 1.82) is 0 Å². The molecule has 0 radical (unpaired) electrons. The third-order valence-electron chi connectivity index (χ3n) is 2.69. The lowest BCUT2D eigenvalue weighted by Crippen LogP contribution is -1.84. The third kappa shape index (κ3) is 2.10. The number of aryl methyl sites for hydroxylation is 1. The van der Waals surface area contributed by atoms with Crippen LogP contribution >= 0.6 is 0 Å². The first-order valence-corrected chi connectivity index (χ1v) is 5.40. The summed E-state index contributed by atoms with van der Waals surface area (Å²) in [6.45, 7) is 4.18. The van der Waals surface area contributed by atoms with Gasteiger partial charge in [0, 0.05) is 0 Å². The molecule has 15 heavy (non-hydrogen) atoms. The Morgan fingerprint density at radius 3 is 2.87 bits per heavy atom. The van der Waals surface area contributed by atoms with Gasteiger partial charge in [-0.05, 0) is 37.0 Å². The van der Waals surface area contributed by atoms with Crippen LogP contribution in [0.4, 0.5) is 0 Å². The summed E-state index contributed by atoms with van der Waals surface area (Å²) in [7, 11) is 0. The normalized spacial score (nSPS) is 14.9. The molecule has 0 unspecified atom stereocenters. The fraction of sp³-hybridized carbons (Fsp3) is 0.200. The first-order chi connectivity index (χ1) is 7.31. The van der Waals surface area contributed by atoms with Crippen LogP contribution in [-0.4, -0.2) is 0 Å². The largest absolute Gasteiger partial charge is 0.0877 e. The molecule has 0 N–H and O–H groups in total. The second-order valence-corrected chi connectivity index (χ2v) is 3.91. The highest BCUT2D eigenvalue weighted by atomic mass is 14.1. The molecular weight excluding hydrogens is 180 g/mol. The van der Waals surface area contributed by atoms with Gasteiger partial charge in [-0.1, -0.05) is 54.1 Å². The summed E-state index contributed by atoms with van der Waals surface area (Å²) in [4.78, 5) is 0. The predicted molar refractivity (Wildman–Crippen MR) is 66.8 cm³/mol. The molecule has 0 spiro atoms. The van der Waals surface area contributed by atoms with E-state index in [9.17, 15) is 0 Å². The Morgan fingerprint density at radius 2 is 2.07 bits per heavy atom. The summed E-state index contributed by atoms with van der Waals surface area (Å²) in [5.41, 5.74) is 5.54. The molecule has 76 valence electrons. The van der Waals surface area contributed by atoms with Crippen molar-refractivity contribution in [2.75, 3.05) is 0 Å². The highest BCUT2D eigenvalue weighted by Crippen LogP contribution is 2.28. The van der Waals surface area contributed by atoms with Gasteiger partial charge in [0.05, 0.1) is 0 Å². The van der Waals surface area contributed by atoms with Gasteiger partial charge in [0.2, 0.25) is 0 Å². The fourth-order valence-corrected chi connectivity index (χ4v) is 1.93. The van der Waals surface area contributed by atoms with Crippen molar-refractivity contribution in [2.24, 2.45) is 0 Å². The molecule has 0 saturated carbocycles. The van der Waals surface area contributed by atoms with Crippen molar-refractivity contribution in [1.82, 2.24) is 0 Å². The van der Waals surface area contributed by atoms with Crippen LogP contribution in [0.1, 0.15) is 23.6 Å². The number of allylic oxidation sites excluding steroid dienone is 6. The smallest absolute Gasteiger partial charge is 0.00820 e. The summed E-state index contributed by atoms with van der Waals surface area (Å²) in [6, 6.07) is 6.69. The van der Waals surface area contributed by atoms with Gasteiger partial charge in [0.15, 0.2) is 0 Å². The number of hydrogen-bond acceptors (Lipinski definition) is 0. The van der Waals surface area contributed by atoms with Crippen LogP contribution < -0.4 is 0 Å². The average molecular weight is 196 g/mol. The fourth-order valence-electron chi connectivity index (χ4n) is 1.93. The molecular formula is C15H16. The predicted octanol–water partition coefficient (Wildman–Crippen LogP) is 4.07. The minimum atomic E-state index is 1.08. The molecule has 1 aliphatic carbocycles. The van der Waals surface area contributed by atoms with E-state index in [0.717, 1.165) is 6.42 Å². The molecule has 1 aromatic rings. The molecule has 2 rings (SSSR count). The lowest BCUT2D eigenvalue weighted by atomic mass is 10.0. The van der Waals surface area contributed by atoms with Gasteiger partial charge in [0.25, 0.3) is 0 Å². The first-order valence-electron chi connectivity index (χ1n) is 5.40. The van der Waals surface area contributed by atoms with E-state index in [1.54, 1.807) is 0 Å². The number of benzene rings is 1. The van der Waals surface area contributed by atoms with E-state index in [1.165, 1.54) is 22.3 Å². The van der Waals surface area contributed by atoms with E-state index >= 15 is 0 Å². The number of hydrogen-bond donors (Lipinski definition) is 0. The second kappa shape index (κ2) is 4.31. The molecule has 0 fully saturated rings. The lowest BCUT2D eigenvalue weighted by Gasteiger charge is -2.02. The zero-order chi connectivity index (χ0) is 10.7. The van der Waals surface area contributed by atoms with Crippen LogP contribution in [0.2, 0.25) is 0 Å². The monoisotopic (exact) mass is 196 g/mol. The Labute approximate surface area is 91.6 Å². The van der Waals surface area contributed by atoms with Crippen LogP contribution in [0.5, 0.6) is 0 Å². The van der Waals surface area contributed by atoms with E-state index in [4.69, 9.17) is 0 Å². The Bertz CT molecular complexity index is 445. The van der Waals surface area contributed by atoms with E-state index < -0.39 is 0 Å². The summed E-state index contributed by atoms with van der Waals surface area (Å²) in [5.74, 6) is 0. The van der Waals surface area contributed by atoms with Gasteiger partial charge >= 0.3 is 0 Å². The van der Waals surface area contributed by atoms with Gasteiger partial charge in [-0.15, -0.1) is 0 Å². The van der Waals surface area contributed by atoms with Crippen LogP contribution in [0.15, 0.2) is 48.6 Å². The zero-order valence-electron chi connectivity index (χ0n) is 9.33. The van der Waals surface area contributed by atoms with Crippen molar-refractivity contribution in [3.8, 4) is 0 Å². The van der Waals surface area contributed by atoms with E-state index in [2.05, 4.69) is 49.4 Å². The van der Waals surface area contributed by atoms with Crippen molar-refractivity contribution < 1.29 is 0 Å². The van der Waals surface area contributed by atoms with Gasteiger partial charge in [-0.25, -0.2) is 0 Å². The van der Waals surface area contributed by atoms with Crippen LogP contribution in [0, 0.1) is 6.92 Å². The minimum absolute atomic E-state index is 1.08. The Balaban J connectivity index is 2.27. The van der Waals surface area contributed by atoms with Gasteiger partial charge in [-0.3, -0.25) is 0 Å². The molecule has 0 heterocycles. The van der Waals surface area contributed by atoms with E-state index in [1.807, 2.05) is 13.0 Å².